The third-order valence-electron chi connectivity index (χ3n) is 12.8. The van der Waals surface area contributed by atoms with Crippen molar-refractivity contribution in [2.24, 2.45) is 0 Å². The minimum atomic E-state index is -0.528. The molecule has 0 saturated heterocycles. The van der Waals surface area contributed by atoms with Crippen molar-refractivity contribution in [1.29, 1.82) is 0 Å². The predicted octanol–water partition coefficient (Wildman–Crippen LogP) is 15.4. The fourth-order valence-electron chi connectivity index (χ4n) is 10.3. The summed E-state index contributed by atoms with van der Waals surface area (Å²) in [5.74, 6) is 0. The van der Waals surface area contributed by atoms with Gasteiger partial charge in [0.1, 0.15) is 0 Å². The Morgan fingerprint density at radius 3 is 1.67 bits per heavy atom. The Labute approximate surface area is 355 Å². The number of anilines is 3. The standard InChI is InChI=1S/C59H40N2/c1-5-19-41(20-6-1)48-28-16-18-32-56(48)60(47-35-38-52-53-36-33-42-21-13-14-29-49(42)58(53)61(57(52)40-47)45-26-11-4-12-27-45)46-34-37-51-50-30-15-17-31-54(50)59(55(51)39-46,43-22-7-2-8-23-43)44-24-9-3-10-25-44/h1-40H. The van der Waals surface area contributed by atoms with Crippen molar-refractivity contribution in [2.45, 2.75) is 5.41 Å². The van der Waals surface area contributed by atoms with Gasteiger partial charge in [-0.25, -0.2) is 0 Å². The van der Waals surface area contributed by atoms with Gasteiger partial charge in [0, 0.05) is 38.8 Å². The highest BCUT2D eigenvalue weighted by Gasteiger charge is 2.46. The van der Waals surface area contributed by atoms with Crippen molar-refractivity contribution in [1.82, 2.24) is 4.57 Å². The van der Waals surface area contributed by atoms with E-state index in [-0.39, 0.29) is 0 Å². The minimum absolute atomic E-state index is 0.528. The van der Waals surface area contributed by atoms with Crippen LogP contribution in [0.4, 0.5) is 17.1 Å². The van der Waals surface area contributed by atoms with E-state index in [9.17, 15) is 0 Å². The average molecular weight is 777 g/mol. The number of fused-ring (bicyclic) bond motifs is 8. The van der Waals surface area contributed by atoms with Crippen LogP contribution in [0.2, 0.25) is 0 Å². The fourth-order valence-corrected chi connectivity index (χ4v) is 10.3. The maximum Gasteiger partial charge on any atom is 0.0714 e. The molecule has 1 aromatic heterocycles. The lowest BCUT2D eigenvalue weighted by molar-refractivity contribution is 0.768. The van der Waals surface area contributed by atoms with Crippen LogP contribution in [0.1, 0.15) is 22.3 Å². The maximum atomic E-state index is 2.48. The second kappa shape index (κ2) is 14.1. The van der Waals surface area contributed by atoms with E-state index in [1.165, 1.54) is 71.6 Å². The van der Waals surface area contributed by atoms with Crippen molar-refractivity contribution in [3.63, 3.8) is 0 Å². The summed E-state index contributed by atoms with van der Waals surface area (Å²) >= 11 is 0. The number of hydrogen-bond donors (Lipinski definition) is 0. The number of benzene rings is 10. The topological polar surface area (TPSA) is 8.17 Å². The van der Waals surface area contributed by atoms with Crippen LogP contribution in [0.15, 0.2) is 243 Å². The van der Waals surface area contributed by atoms with Crippen molar-refractivity contribution < 1.29 is 0 Å². The molecule has 11 aromatic rings. The second-order valence-electron chi connectivity index (χ2n) is 16.0. The predicted molar refractivity (Wildman–Crippen MR) is 256 cm³/mol. The number of para-hydroxylation sites is 2. The fraction of sp³-hybridized carbons (Fsp3) is 0.0169. The van der Waals surface area contributed by atoms with Crippen molar-refractivity contribution >= 4 is 49.6 Å². The number of hydrogen-bond acceptors (Lipinski definition) is 1. The van der Waals surface area contributed by atoms with Gasteiger partial charge in [-0.3, -0.25) is 0 Å². The summed E-state index contributed by atoms with van der Waals surface area (Å²) in [7, 11) is 0. The highest BCUT2D eigenvalue weighted by Crippen LogP contribution is 2.57. The molecule has 0 radical (unpaired) electrons. The van der Waals surface area contributed by atoms with Gasteiger partial charge in [0.15, 0.2) is 0 Å². The minimum Gasteiger partial charge on any atom is -0.310 e. The third-order valence-corrected chi connectivity index (χ3v) is 12.8. The molecule has 0 unspecified atom stereocenters. The van der Waals surface area contributed by atoms with Gasteiger partial charge in [-0.05, 0) is 86.8 Å². The first kappa shape index (κ1) is 35.0. The van der Waals surface area contributed by atoms with Gasteiger partial charge >= 0.3 is 0 Å². The second-order valence-corrected chi connectivity index (χ2v) is 16.0. The molecule has 0 N–H and O–H groups in total. The molecule has 1 aliphatic rings. The summed E-state index contributed by atoms with van der Waals surface area (Å²) in [6.45, 7) is 0. The first-order chi connectivity index (χ1) is 30.3. The molecule has 1 heterocycles. The van der Waals surface area contributed by atoms with Crippen LogP contribution in [0, 0.1) is 0 Å². The molecule has 2 nitrogen and oxygen atoms in total. The van der Waals surface area contributed by atoms with Gasteiger partial charge in [-0.1, -0.05) is 200 Å². The summed E-state index contributed by atoms with van der Waals surface area (Å²) in [4.78, 5) is 2.48. The molecule has 2 heteroatoms. The zero-order valence-electron chi connectivity index (χ0n) is 33.5. The third kappa shape index (κ3) is 5.36. The molecule has 12 rings (SSSR count). The molecule has 286 valence electrons. The Kier molecular flexibility index (Phi) is 8.11. The number of nitrogens with zero attached hydrogens (tertiary/aromatic N) is 2. The van der Waals surface area contributed by atoms with Crippen LogP contribution in [0.5, 0.6) is 0 Å². The first-order valence-corrected chi connectivity index (χ1v) is 21.1. The molecule has 10 aromatic carbocycles. The zero-order chi connectivity index (χ0) is 40.3. The molecule has 1 aliphatic carbocycles. The monoisotopic (exact) mass is 776 g/mol. The van der Waals surface area contributed by atoms with E-state index in [1.54, 1.807) is 0 Å². The summed E-state index contributed by atoms with van der Waals surface area (Å²) < 4.78 is 2.47. The van der Waals surface area contributed by atoms with E-state index in [0.717, 1.165) is 28.3 Å². The Morgan fingerprint density at radius 1 is 0.361 bits per heavy atom. The van der Waals surface area contributed by atoms with Crippen molar-refractivity contribution in [2.75, 3.05) is 4.90 Å². The van der Waals surface area contributed by atoms with E-state index < -0.39 is 5.41 Å². The molecular formula is C59H40N2. The van der Waals surface area contributed by atoms with Gasteiger partial charge in [0.25, 0.3) is 0 Å². The van der Waals surface area contributed by atoms with Gasteiger partial charge in [-0.2, -0.15) is 0 Å². The summed E-state index contributed by atoms with van der Waals surface area (Å²) in [5, 5.41) is 4.93. The van der Waals surface area contributed by atoms with Crippen molar-refractivity contribution in [3.05, 3.63) is 265 Å². The Morgan fingerprint density at radius 2 is 0.918 bits per heavy atom. The Hall–Kier alpha value is -7.94. The first-order valence-electron chi connectivity index (χ1n) is 21.1. The van der Waals surface area contributed by atoms with Crippen LogP contribution >= 0.6 is 0 Å². The van der Waals surface area contributed by atoms with E-state index in [0.29, 0.717) is 0 Å². The van der Waals surface area contributed by atoms with Crippen molar-refractivity contribution in [3.8, 4) is 27.9 Å². The molecule has 61 heavy (non-hydrogen) atoms. The molecule has 0 bridgehead atoms. The van der Waals surface area contributed by atoms with E-state index in [2.05, 4.69) is 252 Å². The normalized spacial score (nSPS) is 12.7. The molecule has 0 saturated carbocycles. The highest BCUT2D eigenvalue weighted by molar-refractivity contribution is 6.19. The number of aromatic nitrogens is 1. The van der Waals surface area contributed by atoms with Crippen LogP contribution in [-0.4, -0.2) is 4.57 Å². The van der Waals surface area contributed by atoms with E-state index in [1.807, 2.05) is 0 Å². The Balaban J connectivity index is 1.17. The molecule has 0 spiro atoms. The van der Waals surface area contributed by atoms with E-state index in [4.69, 9.17) is 0 Å². The smallest absolute Gasteiger partial charge is 0.0714 e. The van der Waals surface area contributed by atoms with Gasteiger partial charge in [0.2, 0.25) is 0 Å². The molecule has 0 aliphatic heterocycles. The zero-order valence-corrected chi connectivity index (χ0v) is 33.5. The summed E-state index contributed by atoms with van der Waals surface area (Å²) in [6, 6.07) is 89.1. The van der Waals surface area contributed by atoms with Gasteiger partial charge in [-0.15, -0.1) is 0 Å². The Bertz CT molecular complexity index is 3360. The molecule has 0 fully saturated rings. The maximum absolute atomic E-state index is 2.48. The lowest BCUT2D eigenvalue weighted by Crippen LogP contribution is -2.28. The van der Waals surface area contributed by atoms with Crippen LogP contribution < -0.4 is 4.90 Å². The van der Waals surface area contributed by atoms with Gasteiger partial charge < -0.3 is 9.47 Å². The SMILES string of the molecule is c1ccc(-c2ccccc2N(c2ccc3c(c2)C(c2ccccc2)(c2ccccc2)c2ccccc2-3)c2ccc3c4ccc5ccccc5c4n(-c4ccccc4)c3c2)cc1. The van der Waals surface area contributed by atoms with Gasteiger partial charge in [0.05, 0.1) is 22.1 Å². The van der Waals surface area contributed by atoms with E-state index >= 15 is 0 Å². The van der Waals surface area contributed by atoms with Crippen LogP contribution in [0.25, 0.3) is 60.5 Å². The quantitative estimate of drug-likeness (QED) is 0.156. The van der Waals surface area contributed by atoms with Crippen LogP contribution in [0.3, 0.4) is 0 Å². The summed E-state index contributed by atoms with van der Waals surface area (Å²) in [6.07, 6.45) is 0. The van der Waals surface area contributed by atoms with Crippen LogP contribution in [-0.2, 0) is 5.41 Å². The molecule has 0 atom stereocenters. The molecule has 0 amide bonds. The highest BCUT2D eigenvalue weighted by atomic mass is 15.1. The summed E-state index contributed by atoms with van der Waals surface area (Å²) in [5.41, 5.74) is 16.2. The lowest BCUT2D eigenvalue weighted by atomic mass is 9.67. The lowest BCUT2D eigenvalue weighted by Gasteiger charge is -2.35. The largest absolute Gasteiger partial charge is 0.310 e. The average Bonchev–Trinajstić information content (AvgIpc) is 3.83. The number of rotatable bonds is 7. The molecular weight excluding hydrogens is 737 g/mol.